The van der Waals surface area contributed by atoms with Crippen LogP contribution in [0.5, 0.6) is 23.1 Å². The van der Waals surface area contributed by atoms with E-state index in [1.807, 2.05) is 13.1 Å². The Morgan fingerprint density at radius 2 is 2.00 bits per heavy atom. The molecule has 0 radical (unpaired) electrons. The standard InChI is InChI=1S/C21H26N4O6/c1-11(15-19(26)24(3)21(28)25(4)20(15)27)22-9-13-16-12(6-7-23(13)2)8-14-17(18(16)29-5)31-10-30-14/h8,13,26H,6-7,9-10H2,1-5H3/t13-/m0/s1. The smallest absolute Gasteiger partial charge is 0.333 e. The van der Waals surface area contributed by atoms with Crippen LogP contribution in [0.4, 0.5) is 0 Å². The molecule has 2 aromatic rings. The van der Waals surface area contributed by atoms with E-state index in [4.69, 9.17) is 14.2 Å². The molecule has 0 aliphatic carbocycles. The number of aliphatic imine (C=N–C) groups is 1. The third-order valence-corrected chi connectivity index (χ3v) is 6.04. The molecule has 166 valence electrons. The molecular formula is C21H26N4O6. The lowest BCUT2D eigenvalue weighted by molar-refractivity contribution is 0.170. The summed E-state index contributed by atoms with van der Waals surface area (Å²) >= 11 is 0. The number of likely N-dealkylation sites (N-methyl/N-ethyl adjacent to an activating group) is 1. The summed E-state index contributed by atoms with van der Waals surface area (Å²) in [5.41, 5.74) is 1.28. The van der Waals surface area contributed by atoms with Gasteiger partial charge in [-0.05, 0) is 32.0 Å². The van der Waals surface area contributed by atoms with Crippen LogP contribution in [-0.2, 0) is 20.5 Å². The maximum Gasteiger partial charge on any atom is 0.333 e. The number of aromatic nitrogens is 2. The van der Waals surface area contributed by atoms with Gasteiger partial charge in [-0.15, -0.1) is 0 Å². The summed E-state index contributed by atoms with van der Waals surface area (Å²) in [6.45, 7) is 2.96. The number of nitrogens with zero attached hydrogens (tertiary/aromatic N) is 4. The summed E-state index contributed by atoms with van der Waals surface area (Å²) in [5, 5.41) is 10.4. The first kappa shape index (κ1) is 21.0. The van der Waals surface area contributed by atoms with Crippen molar-refractivity contribution in [2.75, 3.05) is 34.0 Å². The maximum absolute atomic E-state index is 12.6. The minimum absolute atomic E-state index is 0.0148. The maximum atomic E-state index is 12.6. The number of methoxy groups -OCH3 is 1. The summed E-state index contributed by atoms with van der Waals surface area (Å²) in [6, 6.07) is 1.87. The number of fused-ring (bicyclic) bond motifs is 2. The van der Waals surface area contributed by atoms with Gasteiger partial charge in [-0.3, -0.25) is 23.8 Å². The number of benzene rings is 1. The molecule has 0 unspecified atom stereocenters. The zero-order valence-electron chi connectivity index (χ0n) is 18.3. The highest BCUT2D eigenvalue weighted by molar-refractivity contribution is 6.00. The quantitative estimate of drug-likeness (QED) is 0.707. The fourth-order valence-corrected chi connectivity index (χ4v) is 4.21. The Labute approximate surface area is 178 Å². The van der Waals surface area contributed by atoms with Crippen molar-refractivity contribution in [3.05, 3.63) is 43.6 Å². The molecule has 1 atom stereocenters. The molecule has 4 rings (SSSR count). The molecule has 2 aliphatic rings. The molecule has 1 N–H and O–H groups in total. The van der Waals surface area contributed by atoms with Crippen molar-refractivity contribution in [3.63, 3.8) is 0 Å². The van der Waals surface area contributed by atoms with Crippen molar-refractivity contribution in [2.24, 2.45) is 19.1 Å². The SMILES string of the molecule is COc1c2c(cc3c1[C@H](CN=C(C)c1c(O)n(C)c(=O)n(C)c1=O)N(C)CC3)OCO2. The zero-order chi connectivity index (χ0) is 22.4. The van der Waals surface area contributed by atoms with Crippen LogP contribution < -0.4 is 25.5 Å². The molecule has 0 saturated carbocycles. The summed E-state index contributed by atoms with van der Waals surface area (Å²) in [7, 11) is 6.39. The molecule has 0 spiro atoms. The van der Waals surface area contributed by atoms with Gasteiger partial charge in [0.05, 0.1) is 19.7 Å². The van der Waals surface area contributed by atoms with E-state index in [0.717, 1.165) is 33.2 Å². The van der Waals surface area contributed by atoms with Crippen molar-refractivity contribution in [2.45, 2.75) is 19.4 Å². The molecular weight excluding hydrogens is 404 g/mol. The lowest BCUT2D eigenvalue weighted by Crippen LogP contribution is -2.40. The Morgan fingerprint density at radius 3 is 2.71 bits per heavy atom. The summed E-state index contributed by atoms with van der Waals surface area (Å²) in [4.78, 5) is 31.4. The van der Waals surface area contributed by atoms with E-state index in [-0.39, 0.29) is 18.4 Å². The molecule has 1 aromatic heterocycles. The van der Waals surface area contributed by atoms with Crippen molar-refractivity contribution < 1.29 is 19.3 Å². The molecule has 31 heavy (non-hydrogen) atoms. The topological polar surface area (TPSA) is 108 Å². The van der Waals surface area contributed by atoms with Gasteiger partial charge in [0.1, 0.15) is 5.56 Å². The zero-order valence-corrected chi connectivity index (χ0v) is 18.3. The van der Waals surface area contributed by atoms with E-state index in [1.165, 1.54) is 14.1 Å². The Bertz CT molecular complexity index is 1200. The third-order valence-electron chi connectivity index (χ3n) is 6.04. The first-order chi connectivity index (χ1) is 14.8. The van der Waals surface area contributed by atoms with Gasteiger partial charge in [0.15, 0.2) is 11.5 Å². The highest BCUT2D eigenvalue weighted by Gasteiger charge is 2.34. The molecule has 0 fully saturated rings. The number of ether oxygens (including phenoxy) is 3. The fraction of sp³-hybridized carbons (Fsp3) is 0.476. The molecule has 10 nitrogen and oxygen atoms in total. The minimum atomic E-state index is -0.596. The second kappa shape index (κ2) is 7.77. The third kappa shape index (κ3) is 3.27. The van der Waals surface area contributed by atoms with Crippen LogP contribution in [-0.4, -0.2) is 58.9 Å². The van der Waals surface area contributed by atoms with E-state index < -0.39 is 17.1 Å². The second-order valence-electron chi connectivity index (χ2n) is 7.79. The number of aromatic hydroxyl groups is 1. The van der Waals surface area contributed by atoms with Gasteiger partial charge in [-0.1, -0.05) is 0 Å². The molecule has 1 aromatic carbocycles. The minimum Gasteiger partial charge on any atom is -0.494 e. The normalized spacial score (nSPS) is 18.2. The average Bonchev–Trinajstić information content (AvgIpc) is 3.22. The van der Waals surface area contributed by atoms with Crippen LogP contribution in [0.2, 0.25) is 0 Å². The van der Waals surface area contributed by atoms with E-state index in [0.29, 0.717) is 29.5 Å². The van der Waals surface area contributed by atoms with Crippen LogP contribution >= 0.6 is 0 Å². The highest BCUT2D eigenvalue weighted by atomic mass is 16.7. The predicted octanol–water partition coefficient (Wildman–Crippen LogP) is 0.565. The van der Waals surface area contributed by atoms with Crippen LogP contribution in [0.15, 0.2) is 20.6 Å². The molecule has 10 heteroatoms. The molecule has 3 heterocycles. The molecule has 0 amide bonds. The van der Waals surface area contributed by atoms with Crippen LogP contribution in [0.3, 0.4) is 0 Å². The predicted molar refractivity (Wildman–Crippen MR) is 114 cm³/mol. The average molecular weight is 430 g/mol. The van der Waals surface area contributed by atoms with Gasteiger partial charge < -0.3 is 19.3 Å². The van der Waals surface area contributed by atoms with Crippen molar-refractivity contribution in [3.8, 4) is 23.1 Å². The largest absolute Gasteiger partial charge is 0.494 e. The summed E-state index contributed by atoms with van der Waals surface area (Å²) < 4.78 is 18.9. The highest BCUT2D eigenvalue weighted by Crippen LogP contribution is 2.49. The summed E-state index contributed by atoms with van der Waals surface area (Å²) in [6.07, 6.45) is 0.833. The van der Waals surface area contributed by atoms with Crippen LogP contribution in [0.25, 0.3) is 0 Å². The first-order valence-electron chi connectivity index (χ1n) is 9.96. The van der Waals surface area contributed by atoms with E-state index >= 15 is 0 Å². The van der Waals surface area contributed by atoms with Gasteiger partial charge in [0, 0.05) is 31.9 Å². The van der Waals surface area contributed by atoms with Gasteiger partial charge in [-0.25, -0.2) is 4.79 Å². The van der Waals surface area contributed by atoms with Gasteiger partial charge in [-0.2, -0.15) is 0 Å². The fourth-order valence-electron chi connectivity index (χ4n) is 4.21. The van der Waals surface area contributed by atoms with Gasteiger partial charge in [0.25, 0.3) is 5.56 Å². The lowest BCUT2D eigenvalue weighted by Gasteiger charge is -2.35. The molecule has 2 aliphatic heterocycles. The van der Waals surface area contributed by atoms with Crippen molar-refractivity contribution >= 4 is 5.71 Å². The van der Waals surface area contributed by atoms with Crippen molar-refractivity contribution in [1.29, 1.82) is 0 Å². The Kier molecular flexibility index (Phi) is 5.26. The number of rotatable bonds is 4. The van der Waals surface area contributed by atoms with Crippen LogP contribution in [0.1, 0.15) is 29.7 Å². The van der Waals surface area contributed by atoms with E-state index in [9.17, 15) is 14.7 Å². The van der Waals surface area contributed by atoms with E-state index in [1.54, 1.807) is 14.0 Å². The van der Waals surface area contributed by atoms with Crippen molar-refractivity contribution in [1.82, 2.24) is 14.0 Å². The molecule has 0 saturated heterocycles. The Balaban J connectivity index is 1.76. The number of hydrogen-bond donors (Lipinski definition) is 1. The lowest BCUT2D eigenvalue weighted by atomic mass is 9.91. The van der Waals surface area contributed by atoms with Crippen LogP contribution in [0, 0.1) is 0 Å². The monoisotopic (exact) mass is 430 g/mol. The first-order valence-corrected chi connectivity index (χ1v) is 9.96. The van der Waals surface area contributed by atoms with Gasteiger partial charge in [0.2, 0.25) is 18.4 Å². The van der Waals surface area contributed by atoms with Gasteiger partial charge >= 0.3 is 5.69 Å². The van der Waals surface area contributed by atoms with E-state index in [2.05, 4.69) is 9.89 Å². The molecule has 0 bridgehead atoms. The second-order valence-corrected chi connectivity index (χ2v) is 7.79. The Hall–Kier alpha value is -3.27. The summed E-state index contributed by atoms with van der Waals surface area (Å²) in [5.74, 6) is 1.51. The number of hydrogen-bond acceptors (Lipinski definition) is 8. The Morgan fingerprint density at radius 1 is 1.26 bits per heavy atom.